The van der Waals surface area contributed by atoms with Crippen LogP contribution in [0.15, 0.2) is 49.1 Å². The smallest absolute Gasteiger partial charge is 0.233 e. The van der Waals surface area contributed by atoms with Gasteiger partial charge in [0.1, 0.15) is 0 Å². The molecular weight excluding hydrogens is 367 g/mol. The van der Waals surface area contributed by atoms with Gasteiger partial charge >= 0.3 is 0 Å². The molecule has 2 unspecified atom stereocenters. The second-order valence-corrected chi connectivity index (χ2v) is 6.71. The first-order valence-corrected chi connectivity index (χ1v) is 9.20. The van der Waals surface area contributed by atoms with Gasteiger partial charge in [-0.2, -0.15) is 9.13 Å². The molecule has 2 aromatic heterocycles. The van der Waals surface area contributed by atoms with E-state index in [1.807, 2.05) is 58.2 Å². The molecule has 0 saturated carbocycles. The van der Waals surface area contributed by atoms with Crippen LogP contribution in [0.3, 0.4) is 0 Å². The molecule has 0 fully saturated rings. The second-order valence-electron chi connectivity index (χ2n) is 5.71. The minimum absolute atomic E-state index is 0.146. The Kier molecular flexibility index (Phi) is 8.09. The van der Waals surface area contributed by atoms with Crippen LogP contribution in [0.25, 0.3) is 0 Å². The molecule has 2 heterocycles. The van der Waals surface area contributed by atoms with Crippen molar-refractivity contribution in [3.05, 3.63) is 49.1 Å². The maximum atomic E-state index is 6.32. The summed E-state index contributed by atoms with van der Waals surface area (Å²) < 4.78 is 3.81. The lowest BCUT2D eigenvalue weighted by Gasteiger charge is -2.02. The van der Waals surface area contributed by atoms with E-state index in [-0.39, 0.29) is 11.0 Å². The average molecular weight is 389 g/mol. The summed E-state index contributed by atoms with van der Waals surface area (Å²) in [5.41, 5.74) is 12.5. The fourth-order valence-electron chi connectivity index (χ4n) is 2.17. The Morgan fingerprint density at radius 1 is 0.731 bits per heavy atom. The van der Waals surface area contributed by atoms with Crippen molar-refractivity contribution in [2.75, 3.05) is 11.5 Å². The van der Waals surface area contributed by atoms with E-state index >= 15 is 0 Å². The van der Waals surface area contributed by atoms with Gasteiger partial charge in [0.15, 0.2) is 24.8 Å². The number of hydrogen-bond acceptors (Lipinski definition) is 2. The standard InChI is InChI=1S/C20H20Cl2N4/c21-19(25-13-9-17(23)10-14-25)7-5-3-1-2-4-6-8-20(22)26-15-11-18(24)12-16-26/h9-16,19-20,23-24H,5-8H2/p+2. The average Bonchev–Trinajstić information content (AvgIpc) is 2.64. The molecular formula is C20H22Cl2N4+2. The molecule has 0 radical (unpaired) electrons. The van der Waals surface area contributed by atoms with Gasteiger partial charge in [-0.15, -0.1) is 0 Å². The first kappa shape index (κ1) is 19.9. The Morgan fingerprint density at radius 2 is 1.08 bits per heavy atom. The number of nitrogen functional groups attached to an aromatic ring is 2. The van der Waals surface area contributed by atoms with Crippen LogP contribution in [-0.2, 0) is 0 Å². The lowest BCUT2D eigenvalue weighted by atomic mass is 10.3. The number of rotatable bonds is 6. The number of pyridine rings is 2. The van der Waals surface area contributed by atoms with Crippen LogP contribution < -0.4 is 20.6 Å². The molecule has 26 heavy (non-hydrogen) atoms. The second kappa shape index (κ2) is 10.6. The van der Waals surface area contributed by atoms with Crippen molar-refractivity contribution in [3.63, 3.8) is 0 Å². The molecule has 0 aliphatic carbocycles. The van der Waals surface area contributed by atoms with Crippen molar-refractivity contribution in [3.8, 4) is 23.7 Å². The third kappa shape index (κ3) is 6.84. The number of nitrogens with two attached hydrogens (primary N) is 2. The summed E-state index contributed by atoms with van der Waals surface area (Å²) in [6, 6.07) is 7.28. The maximum Gasteiger partial charge on any atom is 0.233 e. The third-order valence-electron chi connectivity index (χ3n) is 3.66. The molecule has 134 valence electrons. The van der Waals surface area contributed by atoms with Crippen molar-refractivity contribution in [2.24, 2.45) is 0 Å². The molecule has 0 spiro atoms. The SMILES string of the molecule is Nc1cc[n+](C(Cl)CCC#CC#CCCC(Cl)[n+]2ccc(N)cc2)cc1. The molecule has 6 heteroatoms. The first-order chi connectivity index (χ1) is 12.6. The van der Waals surface area contributed by atoms with E-state index in [1.54, 1.807) is 0 Å². The van der Waals surface area contributed by atoms with Crippen LogP contribution in [-0.4, -0.2) is 0 Å². The van der Waals surface area contributed by atoms with E-state index < -0.39 is 0 Å². The lowest BCUT2D eigenvalue weighted by molar-refractivity contribution is -0.703. The fraction of sp³-hybridized carbons (Fsp3) is 0.300. The van der Waals surface area contributed by atoms with E-state index in [2.05, 4.69) is 23.7 Å². The van der Waals surface area contributed by atoms with Gasteiger partial charge in [-0.25, -0.2) is 0 Å². The number of aromatic nitrogens is 2. The van der Waals surface area contributed by atoms with E-state index in [0.717, 1.165) is 12.8 Å². The fourth-order valence-corrected chi connectivity index (χ4v) is 2.65. The van der Waals surface area contributed by atoms with E-state index in [0.29, 0.717) is 24.2 Å². The predicted molar refractivity (Wildman–Crippen MR) is 106 cm³/mol. The molecule has 0 amide bonds. The van der Waals surface area contributed by atoms with Gasteiger partial charge in [-0.3, -0.25) is 0 Å². The minimum atomic E-state index is -0.146. The minimum Gasteiger partial charge on any atom is -0.398 e. The van der Waals surface area contributed by atoms with Crippen LogP contribution in [0.5, 0.6) is 0 Å². The molecule has 2 atom stereocenters. The summed E-state index contributed by atoms with van der Waals surface area (Å²) in [5, 5.41) is 0. The maximum absolute atomic E-state index is 6.32. The molecule has 0 bridgehead atoms. The van der Waals surface area contributed by atoms with E-state index in [9.17, 15) is 0 Å². The van der Waals surface area contributed by atoms with Crippen molar-refractivity contribution in [1.29, 1.82) is 0 Å². The molecule has 2 rings (SSSR count). The van der Waals surface area contributed by atoms with Crippen LogP contribution in [0, 0.1) is 23.7 Å². The Labute approximate surface area is 164 Å². The van der Waals surface area contributed by atoms with Crippen LogP contribution in [0.1, 0.15) is 36.7 Å². The predicted octanol–water partition coefficient (Wildman–Crippen LogP) is 3.17. The first-order valence-electron chi connectivity index (χ1n) is 8.32. The highest BCUT2D eigenvalue weighted by Crippen LogP contribution is 2.12. The van der Waals surface area contributed by atoms with Crippen molar-refractivity contribution >= 4 is 34.6 Å². The Hall–Kier alpha value is -2.40. The molecule has 0 aliphatic heterocycles. The van der Waals surface area contributed by atoms with Gasteiger partial charge in [0.05, 0.1) is 0 Å². The zero-order valence-electron chi connectivity index (χ0n) is 14.4. The number of halogens is 2. The van der Waals surface area contributed by atoms with Gasteiger partial charge in [-0.1, -0.05) is 11.8 Å². The molecule has 2 aromatic rings. The van der Waals surface area contributed by atoms with Crippen LogP contribution in [0.2, 0.25) is 0 Å². The Bertz CT molecular complexity index is 740. The largest absolute Gasteiger partial charge is 0.398 e. The van der Waals surface area contributed by atoms with Crippen LogP contribution >= 0.6 is 23.2 Å². The summed E-state index contributed by atoms with van der Waals surface area (Å²) in [4.78, 5) is 0. The third-order valence-corrected chi connectivity index (χ3v) is 4.55. The molecule has 0 aliphatic rings. The summed E-state index contributed by atoms with van der Waals surface area (Å²) in [6.07, 6.45) is 10.3. The summed E-state index contributed by atoms with van der Waals surface area (Å²) in [6.45, 7) is 0. The summed E-state index contributed by atoms with van der Waals surface area (Å²) in [7, 11) is 0. The lowest BCUT2D eigenvalue weighted by Crippen LogP contribution is -2.35. The topological polar surface area (TPSA) is 59.8 Å². The van der Waals surface area contributed by atoms with Crippen molar-refractivity contribution in [2.45, 2.75) is 36.7 Å². The van der Waals surface area contributed by atoms with Gasteiger partial charge < -0.3 is 11.5 Å². The Balaban J connectivity index is 1.68. The van der Waals surface area contributed by atoms with Gasteiger partial charge in [-0.05, 0) is 35.0 Å². The summed E-state index contributed by atoms with van der Waals surface area (Å²) >= 11 is 12.6. The number of alkyl halides is 2. The Morgan fingerprint density at radius 3 is 1.42 bits per heavy atom. The van der Waals surface area contributed by atoms with Crippen LogP contribution in [0.4, 0.5) is 11.4 Å². The molecule has 0 saturated heterocycles. The summed E-state index contributed by atoms with van der Waals surface area (Å²) in [5.74, 6) is 11.8. The zero-order valence-corrected chi connectivity index (χ0v) is 15.9. The number of hydrogen-bond donors (Lipinski definition) is 2. The normalized spacial score (nSPS) is 12.2. The molecule has 0 aromatic carbocycles. The van der Waals surface area contributed by atoms with E-state index in [1.165, 1.54) is 0 Å². The molecule has 4 N–H and O–H groups in total. The highest BCUT2D eigenvalue weighted by Gasteiger charge is 2.13. The monoisotopic (exact) mass is 388 g/mol. The highest BCUT2D eigenvalue weighted by atomic mass is 35.5. The van der Waals surface area contributed by atoms with Gasteiger partial charge in [0.25, 0.3) is 0 Å². The number of nitrogens with zero attached hydrogens (tertiary/aromatic N) is 2. The van der Waals surface area contributed by atoms with E-state index in [4.69, 9.17) is 34.7 Å². The van der Waals surface area contributed by atoms with Gasteiger partial charge in [0, 0.05) is 61.3 Å². The highest BCUT2D eigenvalue weighted by molar-refractivity contribution is 6.18. The van der Waals surface area contributed by atoms with Crippen molar-refractivity contribution < 1.29 is 9.13 Å². The van der Waals surface area contributed by atoms with Crippen molar-refractivity contribution in [1.82, 2.24) is 0 Å². The quantitative estimate of drug-likeness (QED) is 0.453. The zero-order chi connectivity index (χ0) is 18.8. The molecule has 4 nitrogen and oxygen atoms in total. The number of anilines is 2. The van der Waals surface area contributed by atoms with Gasteiger partial charge in [0.2, 0.25) is 11.0 Å².